The maximum Gasteiger partial charge on any atom is 0.236 e. The molecule has 0 radical (unpaired) electrons. The van der Waals surface area contributed by atoms with Gasteiger partial charge in [0.15, 0.2) is 0 Å². The van der Waals surface area contributed by atoms with Gasteiger partial charge in [0.2, 0.25) is 5.89 Å². The molecule has 0 aliphatic heterocycles. The average Bonchev–Trinajstić information content (AvgIpc) is 2.87. The maximum atomic E-state index is 5.45. The van der Waals surface area contributed by atoms with Crippen LogP contribution in [0.15, 0.2) is 22.8 Å². The number of hydrogen-bond donors (Lipinski definition) is 1. The smallest absolute Gasteiger partial charge is 0.236 e. The fourth-order valence-corrected chi connectivity index (χ4v) is 2.24. The van der Waals surface area contributed by atoms with E-state index in [1.54, 1.807) is 17.6 Å². The molecule has 0 aliphatic carbocycles. The Balaban J connectivity index is 2.02. The number of aromatic nitrogens is 1. The van der Waals surface area contributed by atoms with E-state index < -0.39 is 0 Å². The Labute approximate surface area is 99.5 Å². The quantitative estimate of drug-likeness (QED) is 0.810. The molecule has 2 heterocycles. The Kier molecular flexibility index (Phi) is 3.74. The summed E-state index contributed by atoms with van der Waals surface area (Å²) in [4.78, 5) is 6.82. The normalized spacial score (nSPS) is 10.9. The van der Waals surface area contributed by atoms with Gasteiger partial charge in [0.25, 0.3) is 0 Å². The van der Waals surface area contributed by atoms with E-state index in [9.17, 15) is 0 Å². The molecule has 0 fully saturated rings. The van der Waals surface area contributed by atoms with Crippen molar-refractivity contribution < 1.29 is 4.42 Å². The standard InChI is InChI=1S/C12H16N2OS/c1-3-6-13-7-10-8-15-12(14-10)11-5-4-9(2)16-11/h4-5,8,13H,3,6-7H2,1-2H3. The largest absolute Gasteiger partial charge is 0.444 e. The number of oxazole rings is 1. The van der Waals surface area contributed by atoms with E-state index in [0.29, 0.717) is 0 Å². The van der Waals surface area contributed by atoms with Crippen LogP contribution in [0.25, 0.3) is 10.8 Å². The van der Waals surface area contributed by atoms with E-state index in [2.05, 4.69) is 36.3 Å². The third-order valence-electron chi connectivity index (χ3n) is 2.24. The van der Waals surface area contributed by atoms with Gasteiger partial charge in [-0.3, -0.25) is 0 Å². The fraction of sp³-hybridized carbons (Fsp3) is 0.417. The summed E-state index contributed by atoms with van der Waals surface area (Å²) in [5.41, 5.74) is 0.967. The molecular weight excluding hydrogens is 220 g/mol. The van der Waals surface area contributed by atoms with Crippen LogP contribution in [0.1, 0.15) is 23.9 Å². The summed E-state index contributed by atoms with van der Waals surface area (Å²) in [6.45, 7) is 6.03. The molecule has 2 aromatic rings. The second-order valence-electron chi connectivity index (χ2n) is 3.73. The van der Waals surface area contributed by atoms with Gasteiger partial charge in [-0.15, -0.1) is 11.3 Å². The minimum absolute atomic E-state index is 0.728. The van der Waals surface area contributed by atoms with Crippen molar-refractivity contribution in [2.24, 2.45) is 0 Å². The second-order valence-corrected chi connectivity index (χ2v) is 5.02. The summed E-state index contributed by atoms with van der Waals surface area (Å²) in [6, 6.07) is 4.13. The number of rotatable bonds is 5. The molecule has 0 amide bonds. The van der Waals surface area contributed by atoms with Crippen LogP contribution in [0.5, 0.6) is 0 Å². The number of nitrogens with one attached hydrogen (secondary N) is 1. The molecule has 0 bridgehead atoms. The van der Waals surface area contributed by atoms with Gasteiger partial charge >= 0.3 is 0 Å². The molecule has 3 nitrogen and oxygen atoms in total. The molecule has 0 aliphatic rings. The minimum Gasteiger partial charge on any atom is -0.444 e. The van der Waals surface area contributed by atoms with Crippen LogP contribution in [0.2, 0.25) is 0 Å². The van der Waals surface area contributed by atoms with Crippen LogP contribution >= 0.6 is 11.3 Å². The molecule has 2 aromatic heterocycles. The van der Waals surface area contributed by atoms with Gasteiger partial charge in [0.05, 0.1) is 10.6 Å². The molecule has 0 aromatic carbocycles. The summed E-state index contributed by atoms with van der Waals surface area (Å²) < 4.78 is 5.45. The van der Waals surface area contributed by atoms with E-state index in [0.717, 1.165) is 36.0 Å². The SMILES string of the molecule is CCCNCc1coc(-c2ccc(C)s2)n1. The van der Waals surface area contributed by atoms with E-state index >= 15 is 0 Å². The molecule has 0 unspecified atom stereocenters. The molecule has 2 rings (SSSR count). The predicted molar refractivity (Wildman–Crippen MR) is 66.6 cm³/mol. The molecule has 0 spiro atoms. The number of thiophene rings is 1. The predicted octanol–water partition coefficient (Wildman–Crippen LogP) is 3.21. The Hall–Kier alpha value is -1.13. The van der Waals surface area contributed by atoms with Gasteiger partial charge in [-0.05, 0) is 32.0 Å². The summed E-state index contributed by atoms with van der Waals surface area (Å²) in [6.07, 6.45) is 2.86. The van der Waals surface area contributed by atoms with E-state index in [1.807, 2.05) is 0 Å². The Morgan fingerprint density at radius 3 is 3.00 bits per heavy atom. The van der Waals surface area contributed by atoms with Crippen molar-refractivity contribution in [2.75, 3.05) is 6.54 Å². The zero-order valence-electron chi connectivity index (χ0n) is 9.62. The molecule has 0 atom stereocenters. The lowest BCUT2D eigenvalue weighted by Crippen LogP contribution is -2.13. The first kappa shape index (κ1) is 11.4. The Bertz CT molecular complexity index is 447. The Morgan fingerprint density at radius 2 is 2.31 bits per heavy atom. The highest BCUT2D eigenvalue weighted by Gasteiger charge is 2.07. The first-order valence-corrected chi connectivity index (χ1v) is 6.33. The highest BCUT2D eigenvalue weighted by atomic mass is 32.1. The van der Waals surface area contributed by atoms with Gasteiger partial charge in [-0.1, -0.05) is 6.92 Å². The first-order valence-electron chi connectivity index (χ1n) is 5.51. The van der Waals surface area contributed by atoms with Gasteiger partial charge < -0.3 is 9.73 Å². The Morgan fingerprint density at radius 1 is 1.44 bits per heavy atom. The van der Waals surface area contributed by atoms with Crippen molar-refractivity contribution >= 4 is 11.3 Å². The molecule has 1 N–H and O–H groups in total. The van der Waals surface area contributed by atoms with Gasteiger partial charge in [0, 0.05) is 11.4 Å². The highest BCUT2D eigenvalue weighted by Crippen LogP contribution is 2.26. The van der Waals surface area contributed by atoms with Crippen LogP contribution in [0.4, 0.5) is 0 Å². The summed E-state index contributed by atoms with van der Waals surface area (Å²) >= 11 is 1.71. The molecular formula is C12H16N2OS. The lowest BCUT2D eigenvalue weighted by atomic mass is 10.4. The zero-order chi connectivity index (χ0) is 11.4. The van der Waals surface area contributed by atoms with Crippen molar-refractivity contribution in [1.82, 2.24) is 10.3 Å². The van der Waals surface area contributed by atoms with Crippen molar-refractivity contribution in [1.29, 1.82) is 0 Å². The van der Waals surface area contributed by atoms with Gasteiger partial charge in [0.1, 0.15) is 6.26 Å². The molecule has 4 heteroatoms. The average molecular weight is 236 g/mol. The summed E-state index contributed by atoms with van der Waals surface area (Å²) in [7, 11) is 0. The second kappa shape index (κ2) is 5.27. The molecule has 86 valence electrons. The summed E-state index contributed by atoms with van der Waals surface area (Å²) in [5.74, 6) is 0.728. The third kappa shape index (κ3) is 2.71. The van der Waals surface area contributed by atoms with Crippen LogP contribution < -0.4 is 5.32 Å². The van der Waals surface area contributed by atoms with Gasteiger partial charge in [-0.25, -0.2) is 4.98 Å². The zero-order valence-corrected chi connectivity index (χ0v) is 10.4. The van der Waals surface area contributed by atoms with Crippen LogP contribution in [0, 0.1) is 6.92 Å². The number of aryl methyl sites for hydroxylation is 1. The first-order chi connectivity index (χ1) is 7.79. The highest BCUT2D eigenvalue weighted by molar-refractivity contribution is 7.15. The van der Waals surface area contributed by atoms with Crippen LogP contribution in [-0.2, 0) is 6.54 Å². The number of nitrogens with zero attached hydrogens (tertiary/aromatic N) is 1. The lowest BCUT2D eigenvalue weighted by molar-refractivity contribution is 0.571. The topological polar surface area (TPSA) is 38.1 Å². The maximum absolute atomic E-state index is 5.45. The van der Waals surface area contributed by atoms with Crippen LogP contribution in [-0.4, -0.2) is 11.5 Å². The van der Waals surface area contributed by atoms with Crippen molar-refractivity contribution in [3.8, 4) is 10.8 Å². The van der Waals surface area contributed by atoms with Crippen molar-refractivity contribution in [2.45, 2.75) is 26.8 Å². The lowest BCUT2D eigenvalue weighted by Gasteiger charge is -1.96. The third-order valence-corrected chi connectivity index (χ3v) is 3.22. The van der Waals surface area contributed by atoms with Crippen molar-refractivity contribution in [3.63, 3.8) is 0 Å². The van der Waals surface area contributed by atoms with Crippen molar-refractivity contribution in [3.05, 3.63) is 29.0 Å². The molecule has 0 saturated carbocycles. The minimum atomic E-state index is 0.728. The van der Waals surface area contributed by atoms with E-state index in [4.69, 9.17) is 4.42 Å². The molecule has 16 heavy (non-hydrogen) atoms. The fourth-order valence-electron chi connectivity index (χ4n) is 1.44. The number of hydrogen-bond acceptors (Lipinski definition) is 4. The van der Waals surface area contributed by atoms with E-state index in [-0.39, 0.29) is 0 Å². The summed E-state index contributed by atoms with van der Waals surface area (Å²) in [5, 5.41) is 3.30. The van der Waals surface area contributed by atoms with E-state index in [1.165, 1.54) is 4.88 Å². The van der Waals surface area contributed by atoms with Gasteiger partial charge in [-0.2, -0.15) is 0 Å². The van der Waals surface area contributed by atoms with Crippen LogP contribution in [0.3, 0.4) is 0 Å². The monoisotopic (exact) mass is 236 g/mol. The molecule has 0 saturated heterocycles.